The van der Waals surface area contributed by atoms with Gasteiger partial charge in [-0.25, -0.2) is 0 Å². The van der Waals surface area contributed by atoms with Crippen LogP contribution >= 0.6 is 23.2 Å². The maximum atomic E-state index is 12.9. The summed E-state index contributed by atoms with van der Waals surface area (Å²) in [4.78, 5) is 14.5. The van der Waals surface area contributed by atoms with Crippen LogP contribution in [0, 0.1) is 0 Å². The lowest BCUT2D eigenvalue weighted by Crippen LogP contribution is -2.23. The quantitative estimate of drug-likeness (QED) is 0.490. The summed E-state index contributed by atoms with van der Waals surface area (Å²) in [6.07, 6.45) is 3.20. The van der Waals surface area contributed by atoms with Crippen molar-refractivity contribution in [1.29, 1.82) is 0 Å². The summed E-state index contributed by atoms with van der Waals surface area (Å²) in [5, 5.41) is 1.06. The summed E-state index contributed by atoms with van der Waals surface area (Å²) < 4.78 is 0. The second-order valence-electron chi connectivity index (χ2n) is 5.34. The number of carbonyl (C=O) groups excluding carboxylic acids is 1. The first-order valence-electron chi connectivity index (χ1n) is 7.72. The highest BCUT2D eigenvalue weighted by atomic mass is 35.5. The summed E-state index contributed by atoms with van der Waals surface area (Å²) in [5.41, 5.74) is 2.33. The minimum atomic E-state index is -0.164. The summed E-state index contributed by atoms with van der Waals surface area (Å²) >= 11 is 12.1. The molecule has 1 amide bonds. The molecule has 124 valence electrons. The van der Waals surface area contributed by atoms with Crippen LogP contribution in [0.15, 0.2) is 84.9 Å². The Kier molecular flexibility index (Phi) is 5.54. The van der Waals surface area contributed by atoms with Crippen LogP contribution in [0.4, 0.5) is 11.4 Å². The van der Waals surface area contributed by atoms with Gasteiger partial charge in [0.25, 0.3) is 5.91 Å². The topological polar surface area (TPSA) is 20.3 Å². The van der Waals surface area contributed by atoms with Gasteiger partial charge in [-0.15, -0.1) is 0 Å². The first-order valence-corrected chi connectivity index (χ1v) is 8.48. The number of amides is 1. The van der Waals surface area contributed by atoms with Gasteiger partial charge < -0.3 is 0 Å². The number of anilines is 2. The van der Waals surface area contributed by atoms with Crippen molar-refractivity contribution < 1.29 is 4.79 Å². The molecule has 0 fully saturated rings. The van der Waals surface area contributed by atoms with Gasteiger partial charge in [0.05, 0.1) is 0 Å². The second kappa shape index (κ2) is 8.02. The van der Waals surface area contributed by atoms with Gasteiger partial charge in [-0.05, 0) is 48.0 Å². The van der Waals surface area contributed by atoms with E-state index in [1.54, 1.807) is 29.2 Å². The normalized spacial score (nSPS) is 10.8. The zero-order chi connectivity index (χ0) is 17.6. The maximum absolute atomic E-state index is 12.9. The first-order chi connectivity index (χ1) is 12.1. The van der Waals surface area contributed by atoms with E-state index in [1.165, 1.54) is 6.08 Å². The van der Waals surface area contributed by atoms with E-state index in [0.29, 0.717) is 10.0 Å². The third-order valence-electron chi connectivity index (χ3n) is 3.62. The highest BCUT2D eigenvalue weighted by Crippen LogP contribution is 2.26. The molecule has 3 aromatic rings. The van der Waals surface area contributed by atoms with Gasteiger partial charge in [0.1, 0.15) is 0 Å². The van der Waals surface area contributed by atoms with Crippen molar-refractivity contribution in [2.45, 2.75) is 0 Å². The molecule has 0 unspecified atom stereocenters. The molecule has 4 heteroatoms. The van der Waals surface area contributed by atoms with E-state index in [1.807, 2.05) is 60.7 Å². The molecule has 0 atom stereocenters. The molecular formula is C21H15Cl2NO. The van der Waals surface area contributed by atoms with Crippen LogP contribution in [0.3, 0.4) is 0 Å². The van der Waals surface area contributed by atoms with Crippen molar-refractivity contribution in [3.05, 3.63) is 101 Å². The third kappa shape index (κ3) is 4.30. The predicted molar refractivity (Wildman–Crippen MR) is 106 cm³/mol. The number of para-hydroxylation sites is 2. The molecular weight excluding hydrogens is 353 g/mol. The molecule has 0 aliphatic rings. The molecule has 2 nitrogen and oxygen atoms in total. The zero-order valence-electron chi connectivity index (χ0n) is 13.3. The summed E-state index contributed by atoms with van der Waals surface area (Å²) in [6, 6.07) is 24.2. The van der Waals surface area contributed by atoms with Crippen LogP contribution < -0.4 is 4.90 Å². The molecule has 3 rings (SSSR count). The molecule has 0 aliphatic heterocycles. The molecule has 0 saturated carbocycles. The fourth-order valence-corrected chi connectivity index (χ4v) is 2.90. The Bertz CT molecular complexity index is 853. The Labute approximate surface area is 156 Å². The fourth-order valence-electron chi connectivity index (χ4n) is 2.43. The lowest BCUT2D eigenvalue weighted by molar-refractivity contribution is -0.113. The smallest absolute Gasteiger partial charge is 0.255 e. The molecule has 0 N–H and O–H groups in total. The Morgan fingerprint density at radius 1 is 0.800 bits per heavy atom. The first kappa shape index (κ1) is 17.3. The highest BCUT2D eigenvalue weighted by Gasteiger charge is 2.15. The van der Waals surface area contributed by atoms with Crippen LogP contribution in [0.1, 0.15) is 5.56 Å². The predicted octanol–water partition coefficient (Wildman–Crippen LogP) is 6.37. The second-order valence-corrected chi connectivity index (χ2v) is 6.19. The number of hydrogen-bond donors (Lipinski definition) is 0. The fraction of sp³-hybridized carbons (Fsp3) is 0. The van der Waals surface area contributed by atoms with E-state index >= 15 is 0 Å². The van der Waals surface area contributed by atoms with Gasteiger partial charge in [0.15, 0.2) is 0 Å². The van der Waals surface area contributed by atoms with Gasteiger partial charge in [-0.1, -0.05) is 65.7 Å². The monoisotopic (exact) mass is 367 g/mol. The van der Waals surface area contributed by atoms with Crippen LogP contribution in [-0.4, -0.2) is 5.91 Å². The van der Waals surface area contributed by atoms with Gasteiger partial charge in [-0.3, -0.25) is 9.69 Å². The van der Waals surface area contributed by atoms with Crippen LogP contribution in [-0.2, 0) is 4.79 Å². The molecule has 0 radical (unpaired) electrons. The maximum Gasteiger partial charge on any atom is 0.255 e. The molecule has 3 aromatic carbocycles. The van der Waals surface area contributed by atoms with E-state index in [9.17, 15) is 4.79 Å². The molecule has 0 aromatic heterocycles. The van der Waals surface area contributed by atoms with E-state index in [-0.39, 0.29) is 5.91 Å². The van der Waals surface area contributed by atoms with E-state index < -0.39 is 0 Å². The summed E-state index contributed by atoms with van der Waals surface area (Å²) in [6.45, 7) is 0. The van der Waals surface area contributed by atoms with Gasteiger partial charge >= 0.3 is 0 Å². The molecule has 0 spiro atoms. The number of hydrogen-bond acceptors (Lipinski definition) is 1. The number of rotatable bonds is 4. The van der Waals surface area contributed by atoms with Gasteiger partial charge in [-0.2, -0.15) is 0 Å². The van der Waals surface area contributed by atoms with E-state index in [2.05, 4.69) is 0 Å². The van der Waals surface area contributed by atoms with E-state index in [0.717, 1.165) is 16.9 Å². The van der Waals surface area contributed by atoms with Gasteiger partial charge in [0.2, 0.25) is 0 Å². The van der Waals surface area contributed by atoms with Crippen molar-refractivity contribution in [3.63, 3.8) is 0 Å². The van der Waals surface area contributed by atoms with Crippen molar-refractivity contribution in [1.82, 2.24) is 0 Å². The minimum absolute atomic E-state index is 0.164. The summed E-state index contributed by atoms with van der Waals surface area (Å²) in [5.74, 6) is -0.164. The number of halogens is 2. The minimum Gasteiger partial charge on any atom is -0.278 e. The van der Waals surface area contributed by atoms with Crippen molar-refractivity contribution >= 4 is 46.6 Å². The van der Waals surface area contributed by atoms with Crippen molar-refractivity contribution in [2.24, 2.45) is 0 Å². The Morgan fingerprint density at radius 2 is 1.36 bits per heavy atom. The van der Waals surface area contributed by atoms with Crippen LogP contribution in [0.25, 0.3) is 6.08 Å². The van der Waals surface area contributed by atoms with E-state index in [4.69, 9.17) is 23.2 Å². The molecule has 0 heterocycles. The Hall–Kier alpha value is -2.55. The largest absolute Gasteiger partial charge is 0.278 e. The lowest BCUT2D eigenvalue weighted by Gasteiger charge is -2.21. The molecule has 25 heavy (non-hydrogen) atoms. The average molecular weight is 368 g/mol. The lowest BCUT2D eigenvalue weighted by atomic mass is 10.2. The third-order valence-corrected chi connectivity index (χ3v) is 4.18. The van der Waals surface area contributed by atoms with Crippen molar-refractivity contribution in [2.75, 3.05) is 4.90 Å². The number of benzene rings is 3. The van der Waals surface area contributed by atoms with Crippen molar-refractivity contribution in [3.8, 4) is 0 Å². The van der Waals surface area contributed by atoms with Crippen LogP contribution in [0.2, 0.25) is 10.0 Å². The Balaban J connectivity index is 1.93. The summed E-state index contributed by atoms with van der Waals surface area (Å²) in [7, 11) is 0. The average Bonchev–Trinajstić information content (AvgIpc) is 2.63. The number of nitrogens with zero attached hydrogens (tertiary/aromatic N) is 1. The standard InChI is InChI=1S/C21H15Cl2NO/c22-17-13-11-16(20(23)15-17)12-14-21(25)24(18-7-3-1-4-8-18)19-9-5-2-6-10-19/h1-15H. The SMILES string of the molecule is O=C(C=Cc1ccc(Cl)cc1Cl)N(c1ccccc1)c1ccccc1. The highest BCUT2D eigenvalue weighted by molar-refractivity contribution is 6.35. The molecule has 0 bridgehead atoms. The molecule has 0 aliphatic carbocycles. The van der Waals surface area contributed by atoms with Gasteiger partial charge in [0, 0.05) is 27.5 Å². The number of carbonyl (C=O) groups is 1. The molecule has 0 saturated heterocycles. The van der Waals surface area contributed by atoms with Crippen LogP contribution in [0.5, 0.6) is 0 Å². The Morgan fingerprint density at radius 3 is 1.88 bits per heavy atom. The zero-order valence-corrected chi connectivity index (χ0v) is 14.8.